The van der Waals surface area contributed by atoms with Crippen LogP contribution in [-0.2, 0) is 6.18 Å². The molecule has 5 nitrogen and oxygen atoms in total. The summed E-state index contributed by atoms with van der Waals surface area (Å²) < 4.78 is 64.1. The fraction of sp³-hybridized carbons (Fsp3) is 0.381. The van der Waals surface area contributed by atoms with Gasteiger partial charge in [0.2, 0.25) is 0 Å². The van der Waals surface area contributed by atoms with Crippen molar-refractivity contribution in [3.05, 3.63) is 53.9 Å². The molecule has 0 spiro atoms. The zero-order valence-corrected chi connectivity index (χ0v) is 15.8. The summed E-state index contributed by atoms with van der Waals surface area (Å²) in [7, 11) is 0. The van der Waals surface area contributed by atoms with Crippen molar-refractivity contribution in [2.75, 3.05) is 25.0 Å². The second kappa shape index (κ2) is 7.16. The fourth-order valence-corrected chi connectivity index (χ4v) is 4.23. The number of halogens is 4. The highest BCUT2D eigenvalue weighted by atomic mass is 19.4. The van der Waals surface area contributed by atoms with Gasteiger partial charge >= 0.3 is 12.1 Å². The van der Waals surface area contributed by atoms with Crippen LogP contribution in [0.5, 0.6) is 5.75 Å². The molecule has 0 saturated carbocycles. The van der Waals surface area contributed by atoms with E-state index in [1.807, 2.05) is 29.2 Å². The van der Waals surface area contributed by atoms with Crippen LogP contribution >= 0.6 is 0 Å². The van der Waals surface area contributed by atoms with Crippen LogP contribution in [-0.4, -0.2) is 41.8 Å². The average Bonchev–Trinajstić information content (AvgIpc) is 3.35. The van der Waals surface area contributed by atoms with E-state index in [1.54, 1.807) is 12.1 Å². The van der Waals surface area contributed by atoms with E-state index in [2.05, 4.69) is 10.3 Å². The van der Waals surface area contributed by atoms with Crippen LogP contribution in [0.1, 0.15) is 23.9 Å². The van der Waals surface area contributed by atoms with Gasteiger partial charge in [0.1, 0.15) is 24.0 Å². The van der Waals surface area contributed by atoms with Crippen LogP contribution in [0.2, 0.25) is 0 Å². The zero-order chi connectivity index (χ0) is 20.9. The summed E-state index contributed by atoms with van der Waals surface area (Å²) in [5.41, 5.74) is 1.42. The molecule has 3 aromatic rings. The van der Waals surface area contributed by atoms with Gasteiger partial charge in [0.25, 0.3) is 0 Å². The Morgan fingerprint density at radius 3 is 2.70 bits per heavy atom. The quantitative estimate of drug-likeness (QED) is 0.616. The Balaban J connectivity index is 1.54. The van der Waals surface area contributed by atoms with Gasteiger partial charge in [-0.3, -0.25) is 4.90 Å². The molecule has 2 aromatic carbocycles. The lowest BCUT2D eigenvalue weighted by Gasteiger charge is -2.39. The number of rotatable bonds is 3. The van der Waals surface area contributed by atoms with E-state index in [1.165, 1.54) is 6.07 Å². The molecule has 0 bridgehead atoms. The average molecular weight is 421 g/mol. The summed E-state index contributed by atoms with van der Waals surface area (Å²) in [6.07, 6.45) is -5.11. The van der Waals surface area contributed by atoms with Crippen LogP contribution in [0.15, 0.2) is 46.9 Å². The Labute approximate surface area is 169 Å². The first-order chi connectivity index (χ1) is 14.4. The minimum absolute atomic E-state index is 0.0392. The molecule has 1 saturated heterocycles. The summed E-state index contributed by atoms with van der Waals surface area (Å²) >= 11 is 0. The van der Waals surface area contributed by atoms with E-state index in [0.29, 0.717) is 37.6 Å². The standard InChI is InChI=1S/C21H19F4N3O2/c22-12-8-9-28(10-12)16-11-29-17-7-2-1-4-13(17)18(16)26-14-5-3-6-15-19(14)30-20(27-15)21(23,24)25/h1-7,12,16,18,26H,8-11H2/t12-,16-,18-/m0/s1. The molecule has 1 aromatic heterocycles. The molecular weight excluding hydrogens is 402 g/mol. The molecule has 158 valence electrons. The first-order valence-corrected chi connectivity index (χ1v) is 9.73. The van der Waals surface area contributed by atoms with Crippen molar-refractivity contribution in [3.8, 4) is 5.75 Å². The summed E-state index contributed by atoms with van der Waals surface area (Å²) in [6, 6.07) is 11.7. The van der Waals surface area contributed by atoms with Crippen molar-refractivity contribution >= 4 is 16.8 Å². The van der Waals surface area contributed by atoms with Crippen molar-refractivity contribution < 1.29 is 26.7 Å². The number of hydrogen-bond acceptors (Lipinski definition) is 5. The first-order valence-electron chi connectivity index (χ1n) is 9.73. The Bertz CT molecular complexity index is 1070. The van der Waals surface area contributed by atoms with E-state index >= 15 is 0 Å². The van der Waals surface area contributed by atoms with Gasteiger partial charge in [-0.1, -0.05) is 24.3 Å². The van der Waals surface area contributed by atoms with Gasteiger partial charge in [-0.05, 0) is 24.6 Å². The van der Waals surface area contributed by atoms with Crippen molar-refractivity contribution in [1.29, 1.82) is 0 Å². The molecule has 30 heavy (non-hydrogen) atoms. The number of aromatic nitrogens is 1. The number of oxazole rings is 1. The number of ether oxygens (including phenoxy) is 1. The molecule has 0 amide bonds. The van der Waals surface area contributed by atoms with E-state index in [-0.39, 0.29) is 23.2 Å². The van der Waals surface area contributed by atoms with Gasteiger partial charge in [-0.25, -0.2) is 9.37 Å². The second-order valence-electron chi connectivity index (χ2n) is 7.59. The Kier molecular flexibility index (Phi) is 4.57. The van der Waals surface area contributed by atoms with Crippen molar-refractivity contribution in [1.82, 2.24) is 9.88 Å². The van der Waals surface area contributed by atoms with Gasteiger partial charge in [-0.15, -0.1) is 0 Å². The number of alkyl halides is 4. The van der Waals surface area contributed by atoms with Crippen LogP contribution in [0.4, 0.5) is 23.2 Å². The lowest BCUT2D eigenvalue weighted by molar-refractivity contribution is -0.156. The molecule has 2 aliphatic heterocycles. The number of anilines is 1. The lowest BCUT2D eigenvalue weighted by atomic mass is 9.94. The molecule has 1 N–H and O–H groups in total. The van der Waals surface area contributed by atoms with E-state index in [9.17, 15) is 17.6 Å². The van der Waals surface area contributed by atoms with Gasteiger partial charge in [0.05, 0.1) is 17.8 Å². The maximum Gasteiger partial charge on any atom is 0.468 e. The largest absolute Gasteiger partial charge is 0.491 e. The number of nitrogens with one attached hydrogen (secondary N) is 1. The van der Waals surface area contributed by atoms with Gasteiger partial charge in [0, 0.05) is 18.7 Å². The molecule has 9 heteroatoms. The number of likely N-dealkylation sites (tertiary alicyclic amines) is 1. The van der Waals surface area contributed by atoms with Crippen LogP contribution in [0.3, 0.4) is 0 Å². The molecule has 1 fully saturated rings. The number of fused-ring (bicyclic) bond motifs is 2. The first kappa shape index (κ1) is 19.2. The highest BCUT2D eigenvalue weighted by molar-refractivity contribution is 5.86. The SMILES string of the molecule is F[C@H]1CCN([C@H]2COc3ccccc3[C@@H]2Nc2cccc3nc(C(F)(F)F)oc23)C1. The zero-order valence-electron chi connectivity index (χ0n) is 15.8. The van der Waals surface area contributed by atoms with Crippen molar-refractivity contribution in [2.24, 2.45) is 0 Å². The van der Waals surface area contributed by atoms with Gasteiger partial charge in [-0.2, -0.15) is 13.2 Å². The van der Waals surface area contributed by atoms with E-state index < -0.39 is 18.2 Å². The number of nitrogens with zero attached hydrogens (tertiary/aromatic N) is 2. The van der Waals surface area contributed by atoms with Gasteiger partial charge in [0.15, 0.2) is 5.58 Å². The lowest BCUT2D eigenvalue weighted by Crippen LogP contribution is -2.47. The monoisotopic (exact) mass is 421 g/mol. The Morgan fingerprint density at radius 1 is 1.10 bits per heavy atom. The molecule has 2 aliphatic rings. The predicted molar refractivity (Wildman–Crippen MR) is 102 cm³/mol. The molecule has 3 atom stereocenters. The summed E-state index contributed by atoms with van der Waals surface area (Å²) in [5.74, 6) is -0.585. The minimum Gasteiger partial charge on any atom is -0.491 e. The summed E-state index contributed by atoms with van der Waals surface area (Å²) in [5, 5.41) is 3.34. The number of benzene rings is 2. The fourth-order valence-electron chi connectivity index (χ4n) is 4.23. The highest BCUT2D eigenvalue weighted by Crippen LogP contribution is 2.40. The number of hydrogen-bond donors (Lipinski definition) is 1. The third-order valence-electron chi connectivity index (χ3n) is 5.65. The maximum absolute atomic E-state index is 13.9. The Morgan fingerprint density at radius 2 is 1.93 bits per heavy atom. The molecule has 0 unspecified atom stereocenters. The molecule has 5 rings (SSSR count). The van der Waals surface area contributed by atoms with Gasteiger partial charge < -0.3 is 14.5 Å². The van der Waals surface area contributed by atoms with Crippen molar-refractivity contribution in [2.45, 2.75) is 30.9 Å². The maximum atomic E-state index is 13.9. The third kappa shape index (κ3) is 3.36. The number of para-hydroxylation sites is 2. The van der Waals surface area contributed by atoms with Crippen molar-refractivity contribution in [3.63, 3.8) is 0 Å². The van der Waals surface area contributed by atoms with Crippen LogP contribution < -0.4 is 10.1 Å². The highest BCUT2D eigenvalue weighted by Gasteiger charge is 2.40. The molecule has 0 aliphatic carbocycles. The summed E-state index contributed by atoms with van der Waals surface area (Å²) in [6.45, 7) is 1.25. The molecule has 0 radical (unpaired) electrons. The normalized spacial score (nSPS) is 24.6. The van der Waals surface area contributed by atoms with E-state index in [4.69, 9.17) is 9.15 Å². The third-order valence-corrected chi connectivity index (χ3v) is 5.65. The molecular formula is C21H19F4N3O2. The Hall–Kier alpha value is -2.81. The smallest absolute Gasteiger partial charge is 0.468 e. The minimum atomic E-state index is -4.67. The predicted octanol–water partition coefficient (Wildman–Crippen LogP) is 4.80. The van der Waals surface area contributed by atoms with Crippen LogP contribution in [0, 0.1) is 0 Å². The second-order valence-corrected chi connectivity index (χ2v) is 7.59. The molecule has 3 heterocycles. The van der Waals surface area contributed by atoms with E-state index in [0.717, 1.165) is 5.56 Å². The van der Waals surface area contributed by atoms with Crippen LogP contribution in [0.25, 0.3) is 11.1 Å². The summed E-state index contributed by atoms with van der Waals surface area (Å²) in [4.78, 5) is 5.60. The topological polar surface area (TPSA) is 50.5 Å².